The van der Waals surface area contributed by atoms with E-state index in [1.165, 1.54) is 44.9 Å². The fraction of sp³-hybridized carbons (Fsp3) is 0.667. The number of hydrogen-bond donors (Lipinski definition) is 1. The molecule has 21 heavy (non-hydrogen) atoms. The van der Waals surface area contributed by atoms with Crippen LogP contribution in [0, 0.1) is 0 Å². The third kappa shape index (κ3) is 5.24. The van der Waals surface area contributed by atoms with Crippen LogP contribution in [0.4, 0.5) is 0 Å². The van der Waals surface area contributed by atoms with Crippen LogP contribution in [0.15, 0.2) is 18.2 Å². The molecule has 0 fully saturated rings. The predicted molar refractivity (Wildman–Crippen MR) is 85.0 cm³/mol. The smallest absolute Gasteiger partial charge is 0.129 e. The van der Waals surface area contributed by atoms with Crippen molar-refractivity contribution in [3.63, 3.8) is 0 Å². The lowest BCUT2D eigenvalue weighted by molar-refractivity contribution is 0.140. The summed E-state index contributed by atoms with van der Waals surface area (Å²) in [5, 5.41) is 9.66. The molecule has 1 aliphatic heterocycles. The van der Waals surface area contributed by atoms with E-state index < -0.39 is 6.10 Å². The van der Waals surface area contributed by atoms with E-state index >= 15 is 0 Å². The molecule has 1 unspecified atom stereocenters. The number of aliphatic hydroxyl groups is 1. The van der Waals surface area contributed by atoms with Crippen molar-refractivity contribution in [2.45, 2.75) is 64.4 Å². The summed E-state index contributed by atoms with van der Waals surface area (Å²) >= 11 is 0. The first-order chi connectivity index (χ1) is 10.3. The first-order valence-electron chi connectivity index (χ1n) is 8.39. The predicted octanol–water partition coefficient (Wildman–Crippen LogP) is 4.63. The molecule has 0 saturated carbocycles. The van der Waals surface area contributed by atoms with Crippen molar-refractivity contribution < 1.29 is 14.6 Å². The molecule has 1 aliphatic rings. The minimum atomic E-state index is -0.484. The van der Waals surface area contributed by atoms with Crippen LogP contribution in [0.3, 0.4) is 0 Å². The second kappa shape index (κ2) is 8.93. The summed E-state index contributed by atoms with van der Waals surface area (Å²) in [6, 6.07) is 5.70. The summed E-state index contributed by atoms with van der Waals surface area (Å²) in [6.07, 6.45) is 9.97. The van der Waals surface area contributed by atoms with Crippen LogP contribution >= 0.6 is 0 Å². The molecule has 0 aliphatic carbocycles. The highest BCUT2D eigenvalue weighted by molar-refractivity contribution is 5.44. The van der Waals surface area contributed by atoms with Gasteiger partial charge in [-0.15, -0.1) is 0 Å². The summed E-state index contributed by atoms with van der Waals surface area (Å²) in [6.45, 7) is 3.37. The molecule has 0 bridgehead atoms. The lowest BCUT2D eigenvalue weighted by Crippen LogP contribution is -1.97. The van der Waals surface area contributed by atoms with Crippen LogP contribution in [0.25, 0.3) is 0 Å². The number of hydrogen-bond acceptors (Lipinski definition) is 3. The van der Waals surface area contributed by atoms with E-state index in [-0.39, 0.29) is 0 Å². The summed E-state index contributed by atoms with van der Waals surface area (Å²) in [5.74, 6) is 1.60. The summed E-state index contributed by atoms with van der Waals surface area (Å²) in [7, 11) is 0. The van der Waals surface area contributed by atoms with Crippen molar-refractivity contribution in [2.75, 3.05) is 13.2 Å². The lowest BCUT2D eigenvalue weighted by atomic mass is 10.1. The Labute approximate surface area is 128 Å². The molecule has 0 spiro atoms. The van der Waals surface area contributed by atoms with Gasteiger partial charge in [0, 0.05) is 11.6 Å². The van der Waals surface area contributed by atoms with Gasteiger partial charge < -0.3 is 14.6 Å². The van der Waals surface area contributed by atoms with E-state index in [9.17, 15) is 5.11 Å². The second-order valence-corrected chi connectivity index (χ2v) is 5.85. The van der Waals surface area contributed by atoms with E-state index in [0.717, 1.165) is 30.1 Å². The van der Waals surface area contributed by atoms with E-state index in [2.05, 4.69) is 6.92 Å². The molecular weight excluding hydrogens is 264 g/mol. The van der Waals surface area contributed by atoms with Gasteiger partial charge in [0.2, 0.25) is 0 Å². The van der Waals surface area contributed by atoms with Crippen LogP contribution in [0.5, 0.6) is 11.5 Å². The van der Waals surface area contributed by atoms with Gasteiger partial charge in [0.1, 0.15) is 24.2 Å². The standard InChI is InChI=1S/C18H28O3/c1-2-3-4-5-6-7-8-9-12-20-15-10-11-16-17(19)14-21-18(16)13-15/h10-11,13,17,19H,2-9,12,14H2,1H3. The Kier molecular flexibility index (Phi) is 6.87. The van der Waals surface area contributed by atoms with E-state index in [4.69, 9.17) is 9.47 Å². The van der Waals surface area contributed by atoms with Gasteiger partial charge in [-0.05, 0) is 18.6 Å². The molecule has 3 heteroatoms. The number of rotatable bonds is 10. The van der Waals surface area contributed by atoms with E-state index in [1.54, 1.807) is 0 Å². The molecule has 1 N–H and O–H groups in total. The van der Waals surface area contributed by atoms with Gasteiger partial charge in [0.15, 0.2) is 0 Å². The average molecular weight is 292 g/mol. The molecule has 1 aromatic carbocycles. The van der Waals surface area contributed by atoms with Crippen LogP contribution in [0.2, 0.25) is 0 Å². The Bertz CT molecular complexity index is 417. The number of fused-ring (bicyclic) bond motifs is 1. The maximum absolute atomic E-state index is 9.66. The Morgan fingerprint density at radius 1 is 1.10 bits per heavy atom. The van der Waals surface area contributed by atoms with Gasteiger partial charge >= 0.3 is 0 Å². The first-order valence-corrected chi connectivity index (χ1v) is 8.39. The van der Waals surface area contributed by atoms with Gasteiger partial charge in [-0.25, -0.2) is 0 Å². The zero-order valence-electron chi connectivity index (χ0n) is 13.1. The highest BCUT2D eigenvalue weighted by atomic mass is 16.5. The number of unbranched alkanes of at least 4 members (excludes halogenated alkanes) is 7. The number of ether oxygens (including phenoxy) is 2. The summed E-state index contributed by atoms with van der Waals surface area (Å²) in [5.41, 5.74) is 0.870. The molecule has 3 nitrogen and oxygen atoms in total. The summed E-state index contributed by atoms with van der Waals surface area (Å²) < 4.78 is 11.2. The highest BCUT2D eigenvalue weighted by Crippen LogP contribution is 2.35. The molecule has 0 aromatic heterocycles. The van der Waals surface area contributed by atoms with Crippen molar-refractivity contribution in [1.82, 2.24) is 0 Å². The minimum absolute atomic E-state index is 0.358. The SMILES string of the molecule is CCCCCCCCCCOc1ccc2c(c1)OCC2O. The third-order valence-corrected chi connectivity index (χ3v) is 4.01. The molecule has 1 atom stereocenters. The quantitative estimate of drug-likeness (QED) is 0.639. The summed E-state index contributed by atoms with van der Waals surface area (Å²) in [4.78, 5) is 0. The zero-order valence-corrected chi connectivity index (χ0v) is 13.1. The molecule has 118 valence electrons. The molecule has 1 aromatic rings. The van der Waals surface area contributed by atoms with Gasteiger partial charge in [-0.1, -0.05) is 51.9 Å². The maximum atomic E-state index is 9.66. The Morgan fingerprint density at radius 2 is 1.81 bits per heavy atom. The molecule has 1 heterocycles. The average Bonchev–Trinajstić information content (AvgIpc) is 2.86. The van der Waals surface area contributed by atoms with Crippen LogP contribution in [-0.2, 0) is 0 Å². The van der Waals surface area contributed by atoms with Crippen LogP contribution in [-0.4, -0.2) is 18.3 Å². The van der Waals surface area contributed by atoms with Crippen molar-refractivity contribution >= 4 is 0 Å². The van der Waals surface area contributed by atoms with Gasteiger partial charge in [0.25, 0.3) is 0 Å². The zero-order chi connectivity index (χ0) is 14.9. The topological polar surface area (TPSA) is 38.7 Å². The Balaban J connectivity index is 1.55. The third-order valence-electron chi connectivity index (χ3n) is 4.01. The fourth-order valence-corrected chi connectivity index (χ4v) is 2.69. The van der Waals surface area contributed by atoms with Crippen molar-refractivity contribution in [1.29, 1.82) is 0 Å². The lowest BCUT2D eigenvalue weighted by Gasteiger charge is -2.08. The molecule has 0 saturated heterocycles. The molecule has 0 radical (unpaired) electrons. The second-order valence-electron chi connectivity index (χ2n) is 5.85. The minimum Gasteiger partial charge on any atom is -0.493 e. The van der Waals surface area contributed by atoms with Crippen molar-refractivity contribution in [3.8, 4) is 11.5 Å². The van der Waals surface area contributed by atoms with Gasteiger partial charge in [-0.2, -0.15) is 0 Å². The van der Waals surface area contributed by atoms with Crippen molar-refractivity contribution in [3.05, 3.63) is 23.8 Å². The Hall–Kier alpha value is -1.22. The fourth-order valence-electron chi connectivity index (χ4n) is 2.69. The Morgan fingerprint density at radius 3 is 2.57 bits per heavy atom. The maximum Gasteiger partial charge on any atom is 0.129 e. The molecular formula is C18H28O3. The first kappa shape index (κ1) is 16.2. The highest BCUT2D eigenvalue weighted by Gasteiger charge is 2.21. The monoisotopic (exact) mass is 292 g/mol. The molecule has 2 rings (SSSR count). The van der Waals surface area contributed by atoms with Gasteiger partial charge in [-0.3, -0.25) is 0 Å². The molecule has 0 amide bonds. The van der Waals surface area contributed by atoms with E-state index in [0.29, 0.717) is 6.61 Å². The van der Waals surface area contributed by atoms with Gasteiger partial charge in [0.05, 0.1) is 6.61 Å². The number of aliphatic hydroxyl groups excluding tert-OH is 1. The van der Waals surface area contributed by atoms with Crippen LogP contribution in [0.1, 0.15) is 70.0 Å². The van der Waals surface area contributed by atoms with Crippen LogP contribution < -0.4 is 9.47 Å². The normalized spacial score (nSPS) is 16.6. The van der Waals surface area contributed by atoms with E-state index in [1.807, 2.05) is 18.2 Å². The largest absolute Gasteiger partial charge is 0.493 e. The van der Waals surface area contributed by atoms with Crippen molar-refractivity contribution in [2.24, 2.45) is 0 Å². The number of benzene rings is 1.